The van der Waals surface area contributed by atoms with Crippen molar-refractivity contribution in [1.29, 1.82) is 0 Å². The van der Waals surface area contributed by atoms with Crippen LogP contribution in [0.5, 0.6) is 5.75 Å². The van der Waals surface area contributed by atoms with Crippen molar-refractivity contribution in [2.75, 3.05) is 0 Å². The number of aromatic nitrogens is 1. The van der Waals surface area contributed by atoms with Crippen LogP contribution in [0.1, 0.15) is 11.7 Å². The SMILES string of the molecule is O=C(O)C(Oc1ccc(Br)cc1-c1nc2ccccc2o1)c1ccc(Br)cc1. The third-order valence-corrected chi connectivity index (χ3v) is 5.13. The highest BCUT2D eigenvalue weighted by Gasteiger charge is 2.24. The second-order valence-corrected chi connectivity index (χ2v) is 7.85. The summed E-state index contributed by atoms with van der Waals surface area (Å²) in [6.07, 6.45) is -1.17. The van der Waals surface area contributed by atoms with Crippen LogP contribution in [-0.4, -0.2) is 16.1 Å². The highest BCUT2D eigenvalue weighted by atomic mass is 79.9. The fourth-order valence-electron chi connectivity index (χ4n) is 2.79. The van der Waals surface area contributed by atoms with Gasteiger partial charge in [0.25, 0.3) is 0 Å². The summed E-state index contributed by atoms with van der Waals surface area (Å²) in [5.41, 5.74) is 2.45. The molecule has 1 heterocycles. The number of benzene rings is 3. The van der Waals surface area contributed by atoms with Gasteiger partial charge in [-0.15, -0.1) is 0 Å². The molecule has 140 valence electrons. The molecular formula is C21H13Br2NO4. The topological polar surface area (TPSA) is 72.6 Å². The number of carboxylic acids is 1. The van der Waals surface area contributed by atoms with Gasteiger partial charge in [0.05, 0.1) is 5.56 Å². The maximum Gasteiger partial charge on any atom is 0.349 e. The highest BCUT2D eigenvalue weighted by molar-refractivity contribution is 9.10. The summed E-state index contributed by atoms with van der Waals surface area (Å²) >= 11 is 6.79. The Labute approximate surface area is 177 Å². The quantitative estimate of drug-likeness (QED) is 0.350. The third kappa shape index (κ3) is 3.81. The Hall–Kier alpha value is -2.64. The average Bonchev–Trinajstić information content (AvgIpc) is 3.11. The molecule has 1 aromatic heterocycles. The second-order valence-electron chi connectivity index (χ2n) is 6.01. The van der Waals surface area contributed by atoms with Gasteiger partial charge in [-0.2, -0.15) is 0 Å². The van der Waals surface area contributed by atoms with Crippen LogP contribution in [0.3, 0.4) is 0 Å². The number of nitrogens with zero attached hydrogens (tertiary/aromatic N) is 1. The molecule has 0 radical (unpaired) electrons. The van der Waals surface area contributed by atoms with E-state index in [4.69, 9.17) is 9.15 Å². The van der Waals surface area contributed by atoms with Crippen molar-refractivity contribution in [3.8, 4) is 17.2 Å². The molecule has 0 saturated heterocycles. The van der Waals surface area contributed by atoms with Gasteiger partial charge >= 0.3 is 5.97 Å². The minimum absolute atomic E-state index is 0.359. The molecule has 0 aliphatic rings. The number of para-hydroxylation sites is 2. The van der Waals surface area contributed by atoms with Crippen LogP contribution >= 0.6 is 31.9 Å². The molecule has 5 nitrogen and oxygen atoms in total. The summed E-state index contributed by atoms with van der Waals surface area (Å²) < 4.78 is 13.4. The minimum Gasteiger partial charge on any atom is -0.478 e. The molecule has 28 heavy (non-hydrogen) atoms. The fraction of sp³-hybridized carbons (Fsp3) is 0.0476. The van der Waals surface area contributed by atoms with E-state index in [0.717, 1.165) is 8.95 Å². The molecule has 0 aliphatic carbocycles. The number of oxazole rings is 1. The Morgan fingerprint density at radius 3 is 2.43 bits per heavy atom. The number of ether oxygens (including phenoxy) is 1. The van der Waals surface area contributed by atoms with Crippen LogP contribution in [0.2, 0.25) is 0 Å². The lowest BCUT2D eigenvalue weighted by Gasteiger charge is -2.17. The molecule has 0 fully saturated rings. The van der Waals surface area contributed by atoms with E-state index in [1.807, 2.05) is 24.3 Å². The molecule has 1 atom stereocenters. The number of carbonyl (C=O) groups is 1. The maximum atomic E-state index is 11.9. The van der Waals surface area contributed by atoms with Gasteiger partial charge in [-0.3, -0.25) is 0 Å². The summed E-state index contributed by atoms with van der Waals surface area (Å²) in [5.74, 6) is -0.365. The van der Waals surface area contributed by atoms with Gasteiger partial charge in [0.15, 0.2) is 5.58 Å². The summed E-state index contributed by atoms with van der Waals surface area (Å²) in [5, 5.41) is 9.70. The first-order valence-corrected chi connectivity index (χ1v) is 9.90. The minimum atomic E-state index is -1.17. The Morgan fingerprint density at radius 1 is 1.00 bits per heavy atom. The smallest absolute Gasteiger partial charge is 0.349 e. The van der Waals surface area contributed by atoms with E-state index in [9.17, 15) is 9.90 Å². The van der Waals surface area contributed by atoms with E-state index < -0.39 is 12.1 Å². The lowest BCUT2D eigenvalue weighted by Crippen LogP contribution is -2.18. The first kappa shape index (κ1) is 18.7. The highest BCUT2D eigenvalue weighted by Crippen LogP contribution is 2.36. The van der Waals surface area contributed by atoms with Gasteiger partial charge in [0.2, 0.25) is 12.0 Å². The molecule has 0 saturated carbocycles. The van der Waals surface area contributed by atoms with E-state index in [0.29, 0.717) is 33.9 Å². The zero-order valence-electron chi connectivity index (χ0n) is 14.3. The van der Waals surface area contributed by atoms with Gasteiger partial charge in [-0.1, -0.05) is 56.1 Å². The van der Waals surface area contributed by atoms with Crippen molar-refractivity contribution in [1.82, 2.24) is 4.98 Å². The number of rotatable bonds is 5. The molecule has 0 bridgehead atoms. The lowest BCUT2D eigenvalue weighted by molar-refractivity contribution is -0.145. The van der Waals surface area contributed by atoms with E-state index in [-0.39, 0.29) is 0 Å². The molecular weight excluding hydrogens is 490 g/mol. The van der Waals surface area contributed by atoms with Crippen molar-refractivity contribution in [3.05, 3.63) is 81.2 Å². The second kappa shape index (κ2) is 7.77. The fourth-order valence-corrected chi connectivity index (χ4v) is 3.41. The Kier molecular flexibility index (Phi) is 5.19. The van der Waals surface area contributed by atoms with Crippen LogP contribution in [0.15, 0.2) is 80.1 Å². The summed E-state index contributed by atoms with van der Waals surface area (Å²) in [4.78, 5) is 16.4. The normalized spacial score (nSPS) is 12.1. The Morgan fingerprint density at radius 2 is 1.71 bits per heavy atom. The molecule has 3 aromatic carbocycles. The first-order chi connectivity index (χ1) is 13.5. The number of halogens is 2. The molecule has 0 amide bonds. The van der Waals surface area contributed by atoms with Crippen LogP contribution < -0.4 is 4.74 Å². The monoisotopic (exact) mass is 501 g/mol. The zero-order valence-corrected chi connectivity index (χ0v) is 17.5. The number of aliphatic carboxylic acids is 1. The molecule has 0 aliphatic heterocycles. The third-order valence-electron chi connectivity index (χ3n) is 4.11. The van der Waals surface area contributed by atoms with Crippen molar-refractivity contribution < 1.29 is 19.1 Å². The number of carboxylic acid groups (broad SMARTS) is 1. The van der Waals surface area contributed by atoms with E-state index >= 15 is 0 Å². The lowest BCUT2D eigenvalue weighted by atomic mass is 10.1. The summed E-state index contributed by atoms with van der Waals surface area (Å²) in [6, 6.07) is 19.7. The van der Waals surface area contributed by atoms with Crippen molar-refractivity contribution >= 4 is 48.9 Å². The summed E-state index contributed by atoms with van der Waals surface area (Å²) in [7, 11) is 0. The standard InChI is InChI=1S/C21H13Br2NO4/c22-13-7-5-12(6-8-13)19(21(25)26)27-17-10-9-14(23)11-15(17)20-24-16-3-1-2-4-18(16)28-20/h1-11,19H,(H,25,26). The number of fused-ring (bicyclic) bond motifs is 1. The van der Waals surface area contributed by atoms with Crippen molar-refractivity contribution in [2.24, 2.45) is 0 Å². The Balaban J connectivity index is 1.77. The average molecular weight is 503 g/mol. The van der Waals surface area contributed by atoms with Crippen LogP contribution in [0, 0.1) is 0 Å². The predicted molar refractivity (Wildman–Crippen MR) is 112 cm³/mol. The maximum absolute atomic E-state index is 11.9. The molecule has 1 N–H and O–H groups in total. The van der Waals surface area contributed by atoms with Gasteiger partial charge in [0.1, 0.15) is 11.3 Å². The van der Waals surface area contributed by atoms with Crippen LogP contribution in [0.4, 0.5) is 0 Å². The molecule has 1 unspecified atom stereocenters. The number of hydrogen-bond donors (Lipinski definition) is 1. The zero-order chi connectivity index (χ0) is 19.7. The van der Waals surface area contributed by atoms with E-state index in [1.165, 1.54) is 0 Å². The van der Waals surface area contributed by atoms with Crippen molar-refractivity contribution in [3.63, 3.8) is 0 Å². The number of hydrogen-bond acceptors (Lipinski definition) is 4. The first-order valence-electron chi connectivity index (χ1n) is 8.32. The van der Waals surface area contributed by atoms with Gasteiger partial charge in [0, 0.05) is 14.5 Å². The van der Waals surface area contributed by atoms with Gasteiger partial charge in [-0.25, -0.2) is 9.78 Å². The van der Waals surface area contributed by atoms with Gasteiger partial charge in [-0.05, 0) is 42.5 Å². The molecule has 7 heteroatoms. The van der Waals surface area contributed by atoms with E-state index in [1.54, 1.807) is 42.5 Å². The molecule has 4 rings (SSSR count). The Bertz CT molecular complexity index is 1120. The largest absolute Gasteiger partial charge is 0.478 e. The van der Waals surface area contributed by atoms with Crippen LogP contribution in [-0.2, 0) is 4.79 Å². The van der Waals surface area contributed by atoms with Gasteiger partial charge < -0.3 is 14.3 Å². The van der Waals surface area contributed by atoms with Crippen LogP contribution in [0.25, 0.3) is 22.6 Å². The predicted octanol–water partition coefficient (Wildman–Crippen LogP) is 6.22. The van der Waals surface area contributed by atoms with E-state index in [2.05, 4.69) is 36.8 Å². The summed E-state index contributed by atoms with van der Waals surface area (Å²) in [6.45, 7) is 0. The molecule has 4 aromatic rings. The molecule has 0 spiro atoms. The van der Waals surface area contributed by atoms with Crippen molar-refractivity contribution in [2.45, 2.75) is 6.10 Å².